The Hall–Kier alpha value is -1.06. The first-order chi connectivity index (χ1) is 10.9. The fraction of sp³-hybridized carbons (Fsp3) is 0.684. The molecule has 120 valence electrons. The van der Waals surface area contributed by atoms with Crippen LogP contribution in [0, 0.1) is 0 Å². The minimum atomic E-state index is 0.877. The Balaban J connectivity index is 1.47. The largest absolute Gasteiger partial charge is 0.369 e. The predicted octanol–water partition coefficient (Wildman–Crippen LogP) is 2.44. The zero-order chi connectivity index (χ0) is 14.8. The van der Waals surface area contributed by atoms with Gasteiger partial charge in [0.25, 0.3) is 0 Å². The van der Waals surface area contributed by atoms with E-state index in [-0.39, 0.29) is 0 Å². The van der Waals surface area contributed by atoms with Gasteiger partial charge in [0.15, 0.2) is 0 Å². The van der Waals surface area contributed by atoms with Gasteiger partial charge >= 0.3 is 0 Å². The molecule has 2 heterocycles. The first-order valence-electron chi connectivity index (χ1n) is 9.22. The van der Waals surface area contributed by atoms with E-state index < -0.39 is 0 Å². The van der Waals surface area contributed by atoms with E-state index in [0.29, 0.717) is 0 Å². The topological polar surface area (TPSA) is 18.5 Å². The van der Waals surface area contributed by atoms with Crippen LogP contribution < -0.4 is 10.2 Å². The first kappa shape index (κ1) is 14.5. The van der Waals surface area contributed by atoms with Gasteiger partial charge in [0.05, 0.1) is 0 Å². The summed E-state index contributed by atoms with van der Waals surface area (Å²) < 4.78 is 0. The molecule has 2 fully saturated rings. The van der Waals surface area contributed by atoms with Gasteiger partial charge < -0.3 is 10.2 Å². The lowest BCUT2D eigenvalue weighted by molar-refractivity contribution is 0.208. The molecule has 0 unspecified atom stereocenters. The Morgan fingerprint density at radius 3 is 2.36 bits per heavy atom. The normalized spacial score (nSPS) is 24.3. The Kier molecular flexibility index (Phi) is 4.35. The molecule has 22 heavy (non-hydrogen) atoms. The van der Waals surface area contributed by atoms with E-state index in [0.717, 1.165) is 32.2 Å². The second-order valence-corrected chi connectivity index (χ2v) is 7.16. The lowest BCUT2D eigenvalue weighted by atomic mass is 10.0. The van der Waals surface area contributed by atoms with Gasteiger partial charge in [0, 0.05) is 51.0 Å². The quantitative estimate of drug-likeness (QED) is 0.905. The molecule has 3 aliphatic rings. The summed E-state index contributed by atoms with van der Waals surface area (Å²) in [5.74, 6) is 0. The molecule has 4 rings (SSSR count). The molecule has 3 heteroatoms. The Bertz CT molecular complexity index is 501. The van der Waals surface area contributed by atoms with E-state index in [1.165, 1.54) is 57.3 Å². The van der Waals surface area contributed by atoms with Crippen LogP contribution in [0.25, 0.3) is 0 Å². The average molecular weight is 299 g/mol. The second kappa shape index (κ2) is 6.59. The summed E-state index contributed by atoms with van der Waals surface area (Å²) in [5.41, 5.74) is 4.64. The zero-order valence-electron chi connectivity index (χ0n) is 13.7. The average Bonchev–Trinajstić information content (AvgIpc) is 3.03. The van der Waals surface area contributed by atoms with Crippen LogP contribution in [0.5, 0.6) is 0 Å². The molecular weight excluding hydrogens is 270 g/mol. The van der Waals surface area contributed by atoms with E-state index >= 15 is 0 Å². The van der Waals surface area contributed by atoms with Gasteiger partial charge in [-0.1, -0.05) is 18.9 Å². The molecule has 0 amide bonds. The third-order valence-corrected chi connectivity index (χ3v) is 5.85. The van der Waals surface area contributed by atoms with Crippen molar-refractivity contribution in [2.45, 2.75) is 44.6 Å². The molecule has 3 nitrogen and oxygen atoms in total. The predicted molar refractivity (Wildman–Crippen MR) is 92.8 cm³/mol. The molecular formula is C19H29N3. The molecule has 0 bridgehead atoms. The standard InChI is InChI=1S/C19H29N3/c1-2-4-18(3-1)21-11-7-16-5-6-19(15-17(16)8-12-21)22-13-9-20-10-14-22/h5-6,15,18,20H,1-4,7-14H2. The Labute approximate surface area is 134 Å². The van der Waals surface area contributed by atoms with Crippen LogP contribution in [0.3, 0.4) is 0 Å². The first-order valence-corrected chi connectivity index (χ1v) is 9.22. The van der Waals surface area contributed by atoms with E-state index in [2.05, 4.69) is 33.3 Å². The van der Waals surface area contributed by atoms with E-state index in [9.17, 15) is 0 Å². The number of nitrogens with zero attached hydrogens (tertiary/aromatic N) is 2. The molecule has 1 aliphatic carbocycles. The maximum Gasteiger partial charge on any atom is 0.0370 e. The van der Waals surface area contributed by atoms with Gasteiger partial charge in [-0.25, -0.2) is 0 Å². The Morgan fingerprint density at radius 2 is 1.59 bits per heavy atom. The van der Waals surface area contributed by atoms with Crippen LogP contribution in [-0.2, 0) is 12.8 Å². The molecule has 1 aromatic rings. The summed E-state index contributed by atoms with van der Waals surface area (Å²) in [6, 6.07) is 8.13. The SMILES string of the molecule is c1cc2c(cc1N1CCNCC1)CCN(C1CCCC1)CC2. The van der Waals surface area contributed by atoms with Crippen LogP contribution in [0.15, 0.2) is 18.2 Å². The second-order valence-electron chi connectivity index (χ2n) is 7.16. The maximum absolute atomic E-state index is 3.45. The monoisotopic (exact) mass is 299 g/mol. The lowest BCUT2D eigenvalue weighted by Gasteiger charge is -2.30. The smallest absolute Gasteiger partial charge is 0.0370 e. The van der Waals surface area contributed by atoms with Gasteiger partial charge in [-0.2, -0.15) is 0 Å². The highest BCUT2D eigenvalue weighted by Gasteiger charge is 2.24. The van der Waals surface area contributed by atoms with Gasteiger partial charge in [0.2, 0.25) is 0 Å². The number of benzene rings is 1. The number of fused-ring (bicyclic) bond motifs is 1. The highest BCUT2D eigenvalue weighted by atomic mass is 15.2. The zero-order valence-corrected chi connectivity index (χ0v) is 13.7. The third-order valence-electron chi connectivity index (χ3n) is 5.85. The van der Waals surface area contributed by atoms with Crippen LogP contribution in [-0.4, -0.2) is 50.2 Å². The lowest BCUT2D eigenvalue weighted by Crippen LogP contribution is -2.43. The number of anilines is 1. The van der Waals surface area contributed by atoms with Crippen molar-refractivity contribution in [2.75, 3.05) is 44.2 Å². The number of nitrogens with one attached hydrogen (secondary N) is 1. The van der Waals surface area contributed by atoms with Crippen molar-refractivity contribution in [1.29, 1.82) is 0 Å². The molecule has 0 radical (unpaired) electrons. The fourth-order valence-electron chi connectivity index (χ4n) is 4.48. The van der Waals surface area contributed by atoms with Crippen LogP contribution in [0.4, 0.5) is 5.69 Å². The van der Waals surface area contributed by atoms with Crippen molar-refractivity contribution in [3.8, 4) is 0 Å². The summed E-state index contributed by atoms with van der Waals surface area (Å²) in [6.07, 6.45) is 8.24. The van der Waals surface area contributed by atoms with Crippen molar-refractivity contribution in [3.05, 3.63) is 29.3 Å². The molecule has 2 aliphatic heterocycles. The van der Waals surface area contributed by atoms with Gasteiger partial charge in [0.1, 0.15) is 0 Å². The number of piperazine rings is 1. The minimum Gasteiger partial charge on any atom is -0.369 e. The highest BCUT2D eigenvalue weighted by molar-refractivity contribution is 5.52. The molecule has 1 saturated carbocycles. The molecule has 1 saturated heterocycles. The van der Waals surface area contributed by atoms with Crippen molar-refractivity contribution in [1.82, 2.24) is 10.2 Å². The van der Waals surface area contributed by atoms with E-state index in [4.69, 9.17) is 0 Å². The van der Waals surface area contributed by atoms with Crippen molar-refractivity contribution >= 4 is 5.69 Å². The van der Waals surface area contributed by atoms with Gasteiger partial charge in [-0.15, -0.1) is 0 Å². The van der Waals surface area contributed by atoms with Crippen molar-refractivity contribution in [3.63, 3.8) is 0 Å². The Morgan fingerprint density at radius 1 is 0.864 bits per heavy atom. The van der Waals surface area contributed by atoms with Crippen LogP contribution in [0.2, 0.25) is 0 Å². The van der Waals surface area contributed by atoms with Crippen LogP contribution in [0.1, 0.15) is 36.8 Å². The molecule has 1 aromatic carbocycles. The molecule has 0 aromatic heterocycles. The number of hydrogen-bond acceptors (Lipinski definition) is 3. The molecule has 0 spiro atoms. The van der Waals surface area contributed by atoms with Gasteiger partial charge in [-0.05, 0) is 48.9 Å². The number of hydrogen-bond donors (Lipinski definition) is 1. The molecule has 1 N–H and O–H groups in total. The van der Waals surface area contributed by atoms with Crippen molar-refractivity contribution < 1.29 is 0 Å². The van der Waals surface area contributed by atoms with E-state index in [1.807, 2.05) is 0 Å². The summed E-state index contributed by atoms with van der Waals surface area (Å²) >= 11 is 0. The van der Waals surface area contributed by atoms with Crippen molar-refractivity contribution in [2.24, 2.45) is 0 Å². The molecule has 0 atom stereocenters. The third kappa shape index (κ3) is 3.02. The summed E-state index contributed by atoms with van der Waals surface area (Å²) in [5, 5.41) is 3.45. The van der Waals surface area contributed by atoms with Gasteiger partial charge in [-0.3, -0.25) is 4.90 Å². The van der Waals surface area contributed by atoms with E-state index in [1.54, 1.807) is 11.1 Å². The maximum atomic E-state index is 3.45. The highest BCUT2D eigenvalue weighted by Crippen LogP contribution is 2.28. The summed E-state index contributed by atoms with van der Waals surface area (Å²) in [7, 11) is 0. The van der Waals surface area contributed by atoms with Crippen LogP contribution >= 0.6 is 0 Å². The minimum absolute atomic E-state index is 0.877. The summed E-state index contributed by atoms with van der Waals surface area (Å²) in [6.45, 7) is 7.06. The number of rotatable bonds is 2. The summed E-state index contributed by atoms with van der Waals surface area (Å²) in [4.78, 5) is 5.31. The fourth-order valence-corrected chi connectivity index (χ4v) is 4.48.